The molecule has 0 N–H and O–H groups in total. The number of hydrogen-bond donors (Lipinski definition) is 0. The molecule has 0 rings (SSSR count). The fourth-order valence-corrected chi connectivity index (χ4v) is 3.49. The first-order valence-electron chi connectivity index (χ1n) is 9.78. The number of hydrogen-bond acceptors (Lipinski definition) is 0. The molecule has 0 aliphatic heterocycles. The molecule has 0 heterocycles. The van der Waals surface area contributed by atoms with Crippen molar-refractivity contribution in [3.63, 3.8) is 0 Å². The lowest BCUT2D eigenvalue weighted by Crippen LogP contribution is -2.10. The summed E-state index contributed by atoms with van der Waals surface area (Å²) >= 11 is 0. The summed E-state index contributed by atoms with van der Waals surface area (Å²) in [6.07, 6.45) is 20.3. The maximum atomic E-state index is 2.37. The average Bonchev–Trinajstić information content (AvgIpc) is 2.46. The molecule has 0 heteroatoms. The molecule has 0 aliphatic carbocycles. The van der Waals surface area contributed by atoms with Gasteiger partial charge >= 0.3 is 0 Å². The maximum absolute atomic E-state index is 2.37. The Morgan fingerprint density at radius 1 is 0.450 bits per heavy atom. The van der Waals surface area contributed by atoms with E-state index in [1.54, 1.807) is 0 Å². The van der Waals surface area contributed by atoms with E-state index in [-0.39, 0.29) is 0 Å². The van der Waals surface area contributed by atoms with Gasteiger partial charge in [-0.25, -0.2) is 0 Å². The highest BCUT2D eigenvalue weighted by Crippen LogP contribution is 2.29. The smallest absolute Gasteiger partial charge is 0.0412 e. The third-order valence-electron chi connectivity index (χ3n) is 4.76. The molecule has 1 unspecified atom stereocenters. The fourth-order valence-electron chi connectivity index (χ4n) is 3.49. The summed E-state index contributed by atoms with van der Waals surface area (Å²) in [4.78, 5) is 0. The standard InChI is InChI=1S/C20H42/c1-5-9-12-13-17-19(14-8-4)18-20(15-10-6-2)16-11-7-3/h19-20H,5-18H2,1-4H3. The van der Waals surface area contributed by atoms with Gasteiger partial charge in [0.2, 0.25) is 0 Å². The maximum Gasteiger partial charge on any atom is -0.0412 e. The van der Waals surface area contributed by atoms with Crippen LogP contribution in [0.2, 0.25) is 0 Å². The average molecular weight is 283 g/mol. The zero-order valence-electron chi connectivity index (χ0n) is 15.1. The van der Waals surface area contributed by atoms with Gasteiger partial charge in [0.05, 0.1) is 0 Å². The number of rotatable bonds is 15. The quantitative estimate of drug-likeness (QED) is 0.269. The van der Waals surface area contributed by atoms with E-state index in [0.29, 0.717) is 0 Å². The summed E-state index contributed by atoms with van der Waals surface area (Å²) in [7, 11) is 0. The molecule has 20 heavy (non-hydrogen) atoms. The van der Waals surface area contributed by atoms with Crippen LogP contribution in [0.5, 0.6) is 0 Å². The SMILES string of the molecule is CCCCCCC(CCC)CC(CCCC)CCCC. The molecule has 0 amide bonds. The van der Waals surface area contributed by atoms with Crippen LogP contribution in [-0.4, -0.2) is 0 Å². The van der Waals surface area contributed by atoms with Gasteiger partial charge in [0, 0.05) is 0 Å². The third-order valence-corrected chi connectivity index (χ3v) is 4.76. The van der Waals surface area contributed by atoms with Gasteiger partial charge in [-0.05, 0) is 18.3 Å². The Morgan fingerprint density at radius 2 is 0.950 bits per heavy atom. The van der Waals surface area contributed by atoms with Crippen molar-refractivity contribution in [2.45, 2.75) is 118 Å². The van der Waals surface area contributed by atoms with Gasteiger partial charge in [0.1, 0.15) is 0 Å². The predicted molar refractivity (Wildman–Crippen MR) is 94.3 cm³/mol. The Kier molecular flexibility index (Phi) is 15.4. The molecule has 0 saturated carbocycles. The lowest BCUT2D eigenvalue weighted by Gasteiger charge is -2.23. The van der Waals surface area contributed by atoms with Gasteiger partial charge in [0.15, 0.2) is 0 Å². The third kappa shape index (κ3) is 11.8. The summed E-state index contributed by atoms with van der Waals surface area (Å²) in [6.45, 7) is 9.36. The largest absolute Gasteiger partial charge is 0.0654 e. The van der Waals surface area contributed by atoms with E-state index in [1.807, 2.05) is 0 Å². The van der Waals surface area contributed by atoms with Crippen molar-refractivity contribution in [1.82, 2.24) is 0 Å². The molecular weight excluding hydrogens is 240 g/mol. The molecule has 1 atom stereocenters. The van der Waals surface area contributed by atoms with Gasteiger partial charge in [-0.15, -0.1) is 0 Å². The van der Waals surface area contributed by atoms with E-state index in [9.17, 15) is 0 Å². The van der Waals surface area contributed by atoms with Crippen LogP contribution in [-0.2, 0) is 0 Å². The second kappa shape index (κ2) is 15.4. The van der Waals surface area contributed by atoms with Crippen molar-refractivity contribution in [3.05, 3.63) is 0 Å². The molecule has 0 aromatic heterocycles. The van der Waals surface area contributed by atoms with E-state index >= 15 is 0 Å². The minimum Gasteiger partial charge on any atom is -0.0654 e. The Morgan fingerprint density at radius 3 is 1.45 bits per heavy atom. The lowest BCUT2D eigenvalue weighted by atomic mass is 9.82. The van der Waals surface area contributed by atoms with E-state index in [1.165, 1.54) is 89.9 Å². The second-order valence-corrected chi connectivity index (χ2v) is 6.89. The molecule has 0 aromatic rings. The van der Waals surface area contributed by atoms with Gasteiger partial charge in [0.25, 0.3) is 0 Å². The zero-order valence-corrected chi connectivity index (χ0v) is 15.1. The van der Waals surface area contributed by atoms with Crippen molar-refractivity contribution in [2.24, 2.45) is 11.8 Å². The van der Waals surface area contributed by atoms with Crippen LogP contribution < -0.4 is 0 Å². The van der Waals surface area contributed by atoms with E-state index in [2.05, 4.69) is 27.7 Å². The Hall–Kier alpha value is 0. The first kappa shape index (κ1) is 20.0. The zero-order chi connectivity index (χ0) is 15.1. The monoisotopic (exact) mass is 282 g/mol. The highest BCUT2D eigenvalue weighted by Gasteiger charge is 2.15. The van der Waals surface area contributed by atoms with Crippen molar-refractivity contribution < 1.29 is 0 Å². The minimum absolute atomic E-state index is 1.02. The van der Waals surface area contributed by atoms with Crippen LogP contribution in [0.25, 0.3) is 0 Å². The fraction of sp³-hybridized carbons (Fsp3) is 1.00. The summed E-state index contributed by atoms with van der Waals surface area (Å²) in [6, 6.07) is 0. The van der Waals surface area contributed by atoms with Crippen molar-refractivity contribution in [1.29, 1.82) is 0 Å². The van der Waals surface area contributed by atoms with Crippen LogP contribution in [0.3, 0.4) is 0 Å². The van der Waals surface area contributed by atoms with Gasteiger partial charge in [-0.1, -0.05) is 111 Å². The van der Waals surface area contributed by atoms with Gasteiger partial charge in [-0.3, -0.25) is 0 Å². The lowest BCUT2D eigenvalue weighted by molar-refractivity contribution is 0.290. The van der Waals surface area contributed by atoms with Crippen molar-refractivity contribution in [2.75, 3.05) is 0 Å². The minimum atomic E-state index is 1.02. The molecule has 0 spiro atoms. The highest BCUT2D eigenvalue weighted by molar-refractivity contribution is 4.68. The van der Waals surface area contributed by atoms with Crippen LogP contribution >= 0.6 is 0 Å². The summed E-state index contributed by atoms with van der Waals surface area (Å²) < 4.78 is 0. The summed E-state index contributed by atoms with van der Waals surface area (Å²) in [5.41, 5.74) is 0. The van der Waals surface area contributed by atoms with E-state index < -0.39 is 0 Å². The van der Waals surface area contributed by atoms with E-state index in [4.69, 9.17) is 0 Å². The van der Waals surface area contributed by atoms with E-state index in [0.717, 1.165) is 11.8 Å². The Bertz CT molecular complexity index is 165. The first-order chi connectivity index (χ1) is 9.78. The molecule has 122 valence electrons. The summed E-state index contributed by atoms with van der Waals surface area (Å²) in [5, 5.41) is 0. The molecule has 0 radical (unpaired) electrons. The molecular formula is C20H42. The highest BCUT2D eigenvalue weighted by atomic mass is 14.2. The molecule has 0 saturated heterocycles. The molecule has 0 aliphatic rings. The Labute approximate surface area is 130 Å². The topological polar surface area (TPSA) is 0 Å². The molecule has 0 bridgehead atoms. The second-order valence-electron chi connectivity index (χ2n) is 6.89. The molecule has 0 fully saturated rings. The van der Waals surface area contributed by atoms with Gasteiger partial charge in [-0.2, -0.15) is 0 Å². The Balaban J connectivity index is 4.09. The molecule has 0 aromatic carbocycles. The van der Waals surface area contributed by atoms with Crippen LogP contribution in [0, 0.1) is 11.8 Å². The van der Waals surface area contributed by atoms with Crippen LogP contribution in [0.4, 0.5) is 0 Å². The normalized spacial score (nSPS) is 13.1. The number of unbranched alkanes of at least 4 members (excludes halogenated alkanes) is 5. The summed E-state index contributed by atoms with van der Waals surface area (Å²) in [5.74, 6) is 2.05. The van der Waals surface area contributed by atoms with Crippen LogP contribution in [0.15, 0.2) is 0 Å². The van der Waals surface area contributed by atoms with Gasteiger partial charge < -0.3 is 0 Å². The van der Waals surface area contributed by atoms with Crippen LogP contribution in [0.1, 0.15) is 118 Å². The first-order valence-corrected chi connectivity index (χ1v) is 9.78. The molecule has 0 nitrogen and oxygen atoms in total. The van der Waals surface area contributed by atoms with Crippen molar-refractivity contribution >= 4 is 0 Å². The predicted octanol–water partition coefficient (Wildman–Crippen LogP) is 7.76. The van der Waals surface area contributed by atoms with Crippen molar-refractivity contribution in [3.8, 4) is 0 Å².